The zero-order valence-electron chi connectivity index (χ0n) is 76.0. The van der Waals surface area contributed by atoms with Crippen molar-refractivity contribution in [2.24, 2.45) is 0 Å². The van der Waals surface area contributed by atoms with Crippen molar-refractivity contribution in [3.63, 3.8) is 0 Å². The zero-order valence-corrected chi connectivity index (χ0v) is 76.8. The van der Waals surface area contributed by atoms with Crippen LogP contribution in [0.5, 0.6) is 17.2 Å². The lowest BCUT2D eigenvalue weighted by Crippen LogP contribution is -2.63. The van der Waals surface area contributed by atoms with E-state index in [9.17, 15) is 0 Å². The SMILES string of the molecule is CCCCCCCCCCCCCCOc1cc(CS[C@H]2O[C@H](CO[C@@H]3O[C@H](COCc4ccccc4)[C@@H](OCc4ccccc4)[C@H](OCc4ccccc4)[C@H]3OCc3ccccc3)[C@@H](OCc3ccccc3)[C@H](OCc3ccccc3)[C@H]2OCc2ccccc2)cc(OCCCCCCCCCCCCCC)c1OCCCCCCCCCCCCCC. The van der Waals surface area contributed by atoms with Crippen LogP contribution in [0, 0.1) is 0 Å². The molecule has 0 N–H and O–H groups in total. The minimum Gasteiger partial charge on any atom is -0.490 e. The Kier molecular flexibility index (Phi) is 50.5. The van der Waals surface area contributed by atoms with Gasteiger partial charge in [0.15, 0.2) is 17.8 Å². The Morgan fingerprint density at radius 1 is 0.242 bits per heavy atom. The van der Waals surface area contributed by atoms with Gasteiger partial charge in [-0.3, -0.25) is 0 Å². The topological polar surface area (TPSA) is 120 Å². The Morgan fingerprint density at radius 2 is 0.508 bits per heavy atom. The van der Waals surface area contributed by atoms with Crippen molar-refractivity contribution in [1.82, 2.24) is 0 Å². The summed E-state index contributed by atoms with van der Waals surface area (Å²) < 4.78 is 94.6. The first-order valence-electron chi connectivity index (χ1n) is 48.7. The van der Waals surface area contributed by atoms with Crippen molar-refractivity contribution in [2.75, 3.05) is 33.0 Å². The van der Waals surface area contributed by atoms with Gasteiger partial charge >= 0.3 is 0 Å². The molecule has 0 aromatic heterocycles. The Balaban J connectivity index is 0.982. The molecule has 10 rings (SSSR count). The van der Waals surface area contributed by atoms with Gasteiger partial charge in [0.25, 0.3) is 0 Å². The van der Waals surface area contributed by atoms with Gasteiger partial charge in [-0.1, -0.05) is 445 Å². The van der Waals surface area contributed by atoms with Crippen LogP contribution in [-0.4, -0.2) is 93.6 Å². The molecule has 13 nitrogen and oxygen atoms in total. The van der Waals surface area contributed by atoms with Crippen LogP contribution < -0.4 is 14.2 Å². The largest absolute Gasteiger partial charge is 0.490 e. The number of rotatable bonds is 70. The summed E-state index contributed by atoms with van der Waals surface area (Å²) in [5.74, 6) is 2.68. The van der Waals surface area contributed by atoms with Crippen LogP contribution in [0.3, 0.4) is 0 Å². The molecule has 0 spiro atoms. The van der Waals surface area contributed by atoms with E-state index >= 15 is 0 Å². The van der Waals surface area contributed by atoms with E-state index in [0.717, 1.165) is 94.5 Å². The molecule has 2 aliphatic heterocycles. The fourth-order valence-corrected chi connectivity index (χ4v) is 17.9. The van der Waals surface area contributed by atoms with E-state index in [1.54, 1.807) is 11.8 Å². The molecule has 0 aliphatic carbocycles. The molecule has 2 aliphatic rings. The molecule has 2 heterocycles. The minimum absolute atomic E-state index is 0.0129. The van der Waals surface area contributed by atoms with E-state index in [-0.39, 0.29) is 39.6 Å². The lowest BCUT2D eigenvalue weighted by Gasteiger charge is -2.48. The number of unbranched alkanes of at least 4 members (excludes halogenated alkanes) is 33. The van der Waals surface area contributed by atoms with E-state index in [4.69, 9.17) is 61.6 Å². The van der Waals surface area contributed by atoms with Gasteiger partial charge in [0.05, 0.1) is 79.3 Å². The highest BCUT2D eigenvalue weighted by atomic mass is 32.2. The van der Waals surface area contributed by atoms with Crippen LogP contribution in [0.2, 0.25) is 0 Å². The van der Waals surface area contributed by atoms with E-state index < -0.39 is 60.6 Å². The third-order valence-electron chi connectivity index (χ3n) is 24.0. The third-order valence-corrected chi connectivity index (χ3v) is 25.2. The Bertz CT molecular complexity index is 3820. The predicted octanol–water partition coefficient (Wildman–Crippen LogP) is 28.4. The Morgan fingerprint density at radius 3 is 0.839 bits per heavy atom. The summed E-state index contributed by atoms with van der Waals surface area (Å²) in [6.45, 7) is 10.8. The molecule has 0 radical (unpaired) electrons. The Hall–Kier alpha value is -6.89. The molecular weight excluding hydrogens is 1560 g/mol. The van der Waals surface area contributed by atoms with Crippen LogP contribution >= 0.6 is 11.8 Å². The molecule has 0 saturated carbocycles. The molecule has 8 aromatic carbocycles. The molecular formula is C110H154O13S. The van der Waals surface area contributed by atoms with Gasteiger partial charge in [-0.15, -0.1) is 11.8 Å². The maximum atomic E-state index is 7.79. The first-order valence-corrected chi connectivity index (χ1v) is 49.7. The molecule has 0 amide bonds. The highest BCUT2D eigenvalue weighted by Gasteiger charge is 2.52. The summed E-state index contributed by atoms with van der Waals surface area (Å²) >= 11 is 1.68. The number of hydrogen-bond donors (Lipinski definition) is 0. The van der Waals surface area contributed by atoms with Crippen molar-refractivity contribution in [1.29, 1.82) is 0 Å². The summed E-state index contributed by atoms with van der Waals surface area (Å²) in [7, 11) is 0. The second-order valence-electron chi connectivity index (χ2n) is 34.4. The lowest BCUT2D eigenvalue weighted by atomic mass is 9.97. The molecule has 14 heteroatoms. The van der Waals surface area contributed by atoms with Crippen LogP contribution in [0.15, 0.2) is 224 Å². The molecule has 10 atom stereocenters. The molecule has 8 aromatic rings. The van der Waals surface area contributed by atoms with Crippen LogP contribution in [0.4, 0.5) is 0 Å². The van der Waals surface area contributed by atoms with Gasteiger partial charge in [0.1, 0.15) is 54.3 Å². The second-order valence-corrected chi connectivity index (χ2v) is 35.5. The molecule has 0 unspecified atom stereocenters. The van der Waals surface area contributed by atoms with Gasteiger partial charge in [-0.25, -0.2) is 0 Å². The summed E-state index contributed by atoms with van der Waals surface area (Å²) in [4.78, 5) is 0. The highest BCUT2D eigenvalue weighted by molar-refractivity contribution is 7.99. The summed E-state index contributed by atoms with van der Waals surface area (Å²) in [5.41, 5.74) is 7.45. The van der Waals surface area contributed by atoms with Gasteiger partial charge in [0, 0.05) is 5.75 Å². The summed E-state index contributed by atoms with van der Waals surface area (Å²) in [6.07, 6.45) is 38.9. The number of thioether (sulfide) groups is 1. The van der Waals surface area contributed by atoms with Gasteiger partial charge in [-0.2, -0.15) is 0 Å². The fourth-order valence-electron chi connectivity index (χ4n) is 16.7. The highest BCUT2D eigenvalue weighted by Crippen LogP contribution is 2.44. The van der Waals surface area contributed by atoms with Crippen molar-refractivity contribution in [2.45, 2.75) is 364 Å². The number of ether oxygens (including phenoxy) is 13. The summed E-state index contributed by atoms with van der Waals surface area (Å²) in [6, 6.07) is 76.4. The normalized spacial score (nSPS) is 19.0. The van der Waals surface area contributed by atoms with Crippen LogP contribution in [-0.2, 0) is 99.4 Å². The molecule has 124 heavy (non-hydrogen) atoms. The minimum atomic E-state index is -1.05. The van der Waals surface area contributed by atoms with Crippen molar-refractivity contribution in [3.8, 4) is 17.2 Å². The van der Waals surface area contributed by atoms with Crippen molar-refractivity contribution in [3.05, 3.63) is 269 Å². The molecule has 2 fully saturated rings. The van der Waals surface area contributed by atoms with Gasteiger partial charge < -0.3 is 61.6 Å². The molecule has 678 valence electrons. The quantitative estimate of drug-likeness (QED) is 0.0336. The van der Waals surface area contributed by atoms with E-state index in [2.05, 4.69) is 142 Å². The maximum absolute atomic E-state index is 7.79. The number of benzene rings is 8. The molecule has 2 saturated heterocycles. The smallest absolute Gasteiger partial charge is 0.203 e. The predicted molar refractivity (Wildman–Crippen MR) is 507 cm³/mol. The molecule has 0 bridgehead atoms. The second kappa shape index (κ2) is 63.1. The monoisotopic (exact) mass is 1720 g/mol. The van der Waals surface area contributed by atoms with Crippen LogP contribution in [0.1, 0.15) is 296 Å². The van der Waals surface area contributed by atoms with Crippen molar-refractivity contribution < 1.29 is 61.6 Å². The average molecular weight is 1720 g/mol. The van der Waals surface area contributed by atoms with Gasteiger partial charge in [0.2, 0.25) is 5.75 Å². The maximum Gasteiger partial charge on any atom is 0.203 e. The standard InChI is InChI=1S/C110H154O13S/c1-4-7-10-13-16-19-22-25-28-31-34-58-75-112-98-78-97(79-99(113-76-59-35-32-29-26-23-20-17-14-11-8-5-2)102(98)114-77-60-36-33-30-27-24-21-18-15-12-9-6-3)89-124-110-108(120-86-96-73-56-43-57-74-96)106(118-84-94-69-52-41-53-70-94)104(116-82-92-65-48-39-49-66-92)101(123-110)88-121-109-107(119-85-95-71-54-42-55-72-95)105(117-83-93-67-50-40-51-68-93)103(115-81-91-63-46-38-47-64-91)100(122-109)87-111-80-90-61-44-37-45-62-90/h37-57,61-74,78-79,100-101,103-110H,4-36,58-60,75-77,80-89H2,1-3H3/t100-,101-,103-,104-,105+,106+,107-,108-,109-,110-/m1/s1. The lowest BCUT2D eigenvalue weighted by molar-refractivity contribution is -0.337. The average Bonchev–Trinajstić information content (AvgIpc) is 0.783. The third kappa shape index (κ3) is 39.0. The first kappa shape index (κ1) is 99.3. The Labute approximate surface area is 752 Å². The first-order chi connectivity index (χ1) is 61.5. The zero-order chi connectivity index (χ0) is 85.8. The van der Waals surface area contributed by atoms with Crippen molar-refractivity contribution >= 4 is 11.8 Å². The van der Waals surface area contributed by atoms with Crippen LogP contribution in [0.25, 0.3) is 0 Å². The summed E-state index contributed by atoms with van der Waals surface area (Å²) in [5, 5.41) is 0. The number of hydrogen-bond acceptors (Lipinski definition) is 14. The van der Waals surface area contributed by atoms with E-state index in [1.165, 1.54) is 193 Å². The van der Waals surface area contributed by atoms with E-state index in [1.807, 2.05) is 103 Å². The van der Waals surface area contributed by atoms with E-state index in [0.29, 0.717) is 51.1 Å². The fraction of sp³-hybridized carbons (Fsp3) is 0.564. The van der Waals surface area contributed by atoms with Gasteiger partial charge in [-0.05, 0) is 75.9 Å².